The lowest BCUT2D eigenvalue weighted by Gasteiger charge is -2.20. The summed E-state index contributed by atoms with van der Waals surface area (Å²) in [6.45, 7) is 1.36. The third-order valence-corrected chi connectivity index (χ3v) is 6.02. The fourth-order valence-corrected chi connectivity index (χ4v) is 4.07. The van der Waals surface area contributed by atoms with Gasteiger partial charge in [0.25, 0.3) is 5.91 Å². The summed E-state index contributed by atoms with van der Waals surface area (Å²) in [4.78, 5) is 21.2. The van der Waals surface area contributed by atoms with Crippen LogP contribution in [-0.2, 0) is 12.4 Å². The van der Waals surface area contributed by atoms with Crippen molar-refractivity contribution in [3.05, 3.63) is 82.8 Å². The van der Waals surface area contributed by atoms with Crippen LogP contribution in [0.25, 0.3) is 10.7 Å². The normalized spacial score (nSPS) is 13.0. The fourth-order valence-electron chi connectivity index (χ4n) is 3.28. The number of hydrogen-bond donors (Lipinski definition) is 1. The molecule has 0 bridgehead atoms. The second-order valence-electron chi connectivity index (χ2n) is 7.38. The first-order chi connectivity index (χ1) is 16.4. The van der Waals surface area contributed by atoms with Crippen LogP contribution in [0.1, 0.15) is 39.3 Å². The molecule has 1 amide bonds. The maximum Gasteiger partial charge on any atom is 0.416 e. The molecule has 3 aromatic heterocycles. The number of carbonyl (C=O) groups excluding carboxylic acids is 1. The molecule has 35 heavy (non-hydrogen) atoms. The Morgan fingerprint density at radius 2 is 1.80 bits per heavy atom. The van der Waals surface area contributed by atoms with Crippen molar-refractivity contribution in [2.45, 2.75) is 25.3 Å². The van der Waals surface area contributed by atoms with Gasteiger partial charge in [-0.05, 0) is 36.8 Å². The fraction of sp³-hybridized carbons (Fsp3) is 0.182. The van der Waals surface area contributed by atoms with Gasteiger partial charge < -0.3 is 5.32 Å². The third-order valence-electron chi connectivity index (χ3n) is 5.01. The van der Waals surface area contributed by atoms with E-state index in [1.54, 1.807) is 24.4 Å². The van der Waals surface area contributed by atoms with E-state index in [1.165, 1.54) is 25.5 Å². The Hall–Kier alpha value is -3.74. The number of alkyl halides is 6. The largest absolute Gasteiger partial charge is 0.416 e. The number of thiazole rings is 1. The summed E-state index contributed by atoms with van der Waals surface area (Å²) in [6, 6.07) is 5.65. The maximum atomic E-state index is 13.5. The number of carbonyl (C=O) groups is 1. The van der Waals surface area contributed by atoms with Gasteiger partial charge in [-0.15, -0.1) is 11.3 Å². The lowest BCUT2D eigenvalue weighted by atomic mass is 9.98. The van der Waals surface area contributed by atoms with E-state index in [1.807, 2.05) is 0 Å². The summed E-state index contributed by atoms with van der Waals surface area (Å²) in [5, 5.41) is 7.09. The lowest BCUT2D eigenvalue weighted by Crippen LogP contribution is -2.17. The number of benzene rings is 1. The van der Waals surface area contributed by atoms with Gasteiger partial charge in [0.05, 0.1) is 40.9 Å². The van der Waals surface area contributed by atoms with Crippen LogP contribution in [0.5, 0.6) is 0 Å². The number of anilines is 1. The van der Waals surface area contributed by atoms with E-state index in [0.717, 1.165) is 22.1 Å². The molecule has 182 valence electrons. The summed E-state index contributed by atoms with van der Waals surface area (Å²) < 4.78 is 80.5. The molecular weight excluding hydrogens is 496 g/mol. The zero-order valence-electron chi connectivity index (χ0n) is 17.7. The second kappa shape index (κ2) is 9.13. The number of halogens is 6. The molecule has 4 aromatic rings. The minimum atomic E-state index is -5.01. The summed E-state index contributed by atoms with van der Waals surface area (Å²) >= 11 is 1.10. The van der Waals surface area contributed by atoms with Gasteiger partial charge in [-0.1, -0.05) is 12.1 Å². The van der Waals surface area contributed by atoms with Gasteiger partial charge in [0.15, 0.2) is 0 Å². The smallest absolute Gasteiger partial charge is 0.319 e. The van der Waals surface area contributed by atoms with Gasteiger partial charge in [0, 0.05) is 12.4 Å². The summed E-state index contributed by atoms with van der Waals surface area (Å²) in [5.41, 5.74) is -2.42. The van der Waals surface area contributed by atoms with Gasteiger partial charge in [-0.2, -0.15) is 31.4 Å². The molecule has 0 saturated carbocycles. The predicted molar refractivity (Wildman–Crippen MR) is 116 cm³/mol. The molecule has 0 unspecified atom stereocenters. The van der Waals surface area contributed by atoms with Gasteiger partial charge in [0.2, 0.25) is 0 Å². The minimum absolute atomic E-state index is 0.0843. The van der Waals surface area contributed by atoms with Crippen LogP contribution in [0.3, 0.4) is 0 Å². The molecule has 0 aliphatic heterocycles. The highest BCUT2D eigenvalue weighted by molar-refractivity contribution is 7.17. The summed E-state index contributed by atoms with van der Waals surface area (Å²) in [6.07, 6.45) is -4.44. The standard InChI is InChI=1S/C22H15F6N5OS/c1-12(15-6-5-13(21(23,24)25)8-16(15)22(26,27)28)33-11-14(9-31-33)32-19(34)18-10-30-20(35-18)17-4-2-3-7-29-17/h2-12H,1H3,(H,32,34)/t12-/m0/s1. The number of aromatic nitrogens is 4. The quantitative estimate of drug-likeness (QED) is 0.319. The molecule has 6 nitrogen and oxygen atoms in total. The minimum Gasteiger partial charge on any atom is -0.319 e. The molecule has 13 heteroatoms. The molecule has 4 rings (SSSR count). The number of nitrogens with zero attached hydrogens (tertiary/aromatic N) is 4. The highest BCUT2D eigenvalue weighted by Gasteiger charge is 2.39. The number of rotatable bonds is 5. The van der Waals surface area contributed by atoms with Crippen LogP contribution in [-0.4, -0.2) is 25.7 Å². The number of hydrogen-bond acceptors (Lipinski definition) is 5. The molecule has 1 atom stereocenters. The van der Waals surface area contributed by atoms with E-state index in [9.17, 15) is 31.1 Å². The first kappa shape index (κ1) is 24.4. The van der Waals surface area contributed by atoms with E-state index in [0.29, 0.717) is 16.8 Å². The molecule has 0 spiro atoms. The molecule has 0 aliphatic carbocycles. The average molecular weight is 511 g/mol. The van der Waals surface area contributed by atoms with E-state index in [4.69, 9.17) is 0 Å². The van der Waals surface area contributed by atoms with Crippen molar-refractivity contribution >= 4 is 22.9 Å². The molecule has 0 aliphatic rings. The van der Waals surface area contributed by atoms with E-state index >= 15 is 0 Å². The maximum absolute atomic E-state index is 13.5. The van der Waals surface area contributed by atoms with Crippen molar-refractivity contribution in [1.82, 2.24) is 19.7 Å². The van der Waals surface area contributed by atoms with Crippen molar-refractivity contribution < 1.29 is 31.1 Å². The van der Waals surface area contributed by atoms with Crippen LogP contribution >= 0.6 is 11.3 Å². The zero-order valence-corrected chi connectivity index (χ0v) is 18.5. The van der Waals surface area contributed by atoms with Crippen LogP contribution < -0.4 is 5.32 Å². The Labute approximate surface area is 198 Å². The van der Waals surface area contributed by atoms with Gasteiger partial charge >= 0.3 is 12.4 Å². The Morgan fingerprint density at radius 1 is 1.03 bits per heavy atom. The predicted octanol–water partition coefficient (Wildman–Crippen LogP) is 6.30. The van der Waals surface area contributed by atoms with Crippen molar-refractivity contribution in [2.24, 2.45) is 0 Å². The Bertz CT molecular complexity index is 1350. The van der Waals surface area contributed by atoms with Crippen LogP contribution in [0, 0.1) is 0 Å². The first-order valence-electron chi connectivity index (χ1n) is 9.94. The monoisotopic (exact) mass is 511 g/mol. The number of nitrogens with one attached hydrogen (secondary N) is 1. The lowest BCUT2D eigenvalue weighted by molar-refractivity contribution is -0.143. The topological polar surface area (TPSA) is 72.7 Å². The third kappa shape index (κ3) is 5.34. The molecule has 0 radical (unpaired) electrons. The summed E-state index contributed by atoms with van der Waals surface area (Å²) in [5.74, 6) is -0.512. The van der Waals surface area contributed by atoms with Crippen molar-refractivity contribution in [3.8, 4) is 10.7 Å². The molecule has 1 aromatic carbocycles. The van der Waals surface area contributed by atoms with E-state index in [-0.39, 0.29) is 16.6 Å². The average Bonchev–Trinajstić information content (AvgIpc) is 3.48. The highest BCUT2D eigenvalue weighted by Crippen LogP contribution is 2.39. The van der Waals surface area contributed by atoms with Crippen molar-refractivity contribution in [3.63, 3.8) is 0 Å². The zero-order chi connectivity index (χ0) is 25.4. The number of amides is 1. The summed E-state index contributed by atoms with van der Waals surface area (Å²) in [7, 11) is 0. The van der Waals surface area contributed by atoms with Gasteiger partial charge in [-0.25, -0.2) is 4.98 Å². The molecule has 3 heterocycles. The second-order valence-corrected chi connectivity index (χ2v) is 8.41. The van der Waals surface area contributed by atoms with E-state index < -0.39 is 41.0 Å². The van der Waals surface area contributed by atoms with Crippen LogP contribution in [0.15, 0.2) is 61.2 Å². The molecular formula is C22H15F6N5OS. The number of pyridine rings is 1. The molecule has 1 N–H and O–H groups in total. The van der Waals surface area contributed by atoms with Gasteiger partial charge in [-0.3, -0.25) is 14.5 Å². The Balaban J connectivity index is 1.54. The SMILES string of the molecule is C[C@@H](c1ccc(C(F)(F)F)cc1C(F)(F)F)n1cc(NC(=O)c2cnc(-c3ccccn3)s2)cn1. The van der Waals surface area contributed by atoms with Crippen molar-refractivity contribution in [2.75, 3.05) is 5.32 Å². The Kier molecular flexibility index (Phi) is 6.36. The molecule has 0 saturated heterocycles. The Morgan fingerprint density at radius 3 is 2.46 bits per heavy atom. The van der Waals surface area contributed by atoms with Crippen LogP contribution in [0.4, 0.5) is 32.0 Å². The van der Waals surface area contributed by atoms with Gasteiger partial charge in [0.1, 0.15) is 9.88 Å². The highest BCUT2D eigenvalue weighted by atomic mass is 32.1. The first-order valence-corrected chi connectivity index (χ1v) is 10.8. The van der Waals surface area contributed by atoms with Crippen molar-refractivity contribution in [1.29, 1.82) is 0 Å². The van der Waals surface area contributed by atoms with Crippen LogP contribution in [0.2, 0.25) is 0 Å². The van der Waals surface area contributed by atoms with E-state index in [2.05, 4.69) is 20.4 Å². The molecule has 0 fully saturated rings.